The third-order valence-electron chi connectivity index (χ3n) is 4.39. The zero-order chi connectivity index (χ0) is 18.1. The van der Waals surface area contributed by atoms with E-state index < -0.39 is 0 Å². The molecule has 0 saturated heterocycles. The summed E-state index contributed by atoms with van der Waals surface area (Å²) in [6.45, 7) is 12.5. The Labute approximate surface area is 145 Å². The summed E-state index contributed by atoms with van der Waals surface area (Å²) in [5, 5.41) is 20.2. The van der Waals surface area contributed by atoms with Gasteiger partial charge in [-0.2, -0.15) is 5.10 Å². The Hall–Kier alpha value is -1.56. The molecule has 2 amide bonds. The maximum atomic E-state index is 12.4. The topological polar surface area (TPSA) is 79.2 Å². The number of carbonyl (C=O) groups excluding carboxylic acids is 1. The molecule has 0 bridgehead atoms. The first kappa shape index (κ1) is 18.8. The largest absolute Gasteiger partial charge is 0.393 e. The average molecular weight is 336 g/mol. The zero-order valence-electron chi connectivity index (χ0n) is 15.8. The molecule has 1 fully saturated rings. The number of amides is 2. The highest BCUT2D eigenvalue weighted by molar-refractivity contribution is 5.88. The quantitative estimate of drug-likeness (QED) is 0.775. The number of aromatic nitrogens is 2. The van der Waals surface area contributed by atoms with E-state index in [1.807, 2.05) is 10.7 Å². The van der Waals surface area contributed by atoms with E-state index in [4.69, 9.17) is 5.10 Å². The van der Waals surface area contributed by atoms with Crippen LogP contribution in [-0.2, 0) is 11.0 Å². The van der Waals surface area contributed by atoms with Crippen molar-refractivity contribution < 1.29 is 9.90 Å². The number of nitrogens with one attached hydrogen (secondary N) is 2. The van der Waals surface area contributed by atoms with Crippen molar-refractivity contribution in [3.8, 4) is 0 Å². The predicted molar refractivity (Wildman–Crippen MR) is 96.3 cm³/mol. The van der Waals surface area contributed by atoms with Gasteiger partial charge in [-0.15, -0.1) is 0 Å². The van der Waals surface area contributed by atoms with Gasteiger partial charge in [0.25, 0.3) is 0 Å². The Morgan fingerprint density at radius 3 is 2.25 bits per heavy atom. The van der Waals surface area contributed by atoms with Crippen LogP contribution in [0.25, 0.3) is 0 Å². The predicted octanol–water partition coefficient (Wildman–Crippen LogP) is 3.36. The molecule has 1 heterocycles. The van der Waals surface area contributed by atoms with E-state index >= 15 is 0 Å². The van der Waals surface area contributed by atoms with Crippen LogP contribution in [0.3, 0.4) is 0 Å². The minimum absolute atomic E-state index is 0.0804. The van der Waals surface area contributed by atoms with E-state index in [1.165, 1.54) is 0 Å². The highest BCUT2D eigenvalue weighted by Gasteiger charge is 2.26. The van der Waals surface area contributed by atoms with Gasteiger partial charge in [-0.3, -0.25) is 5.32 Å². The third-order valence-corrected chi connectivity index (χ3v) is 4.39. The van der Waals surface area contributed by atoms with Gasteiger partial charge in [0.1, 0.15) is 5.82 Å². The highest BCUT2D eigenvalue weighted by atomic mass is 16.3. The highest BCUT2D eigenvalue weighted by Crippen LogP contribution is 2.28. The van der Waals surface area contributed by atoms with Crippen LogP contribution in [0.1, 0.15) is 72.9 Å². The van der Waals surface area contributed by atoms with Crippen molar-refractivity contribution >= 4 is 11.8 Å². The smallest absolute Gasteiger partial charge is 0.320 e. The van der Waals surface area contributed by atoms with Crippen LogP contribution in [-0.4, -0.2) is 33.1 Å². The first-order valence-corrected chi connectivity index (χ1v) is 8.83. The molecule has 0 spiro atoms. The van der Waals surface area contributed by atoms with Crippen molar-refractivity contribution in [2.75, 3.05) is 5.32 Å². The van der Waals surface area contributed by atoms with Crippen LogP contribution in [0.2, 0.25) is 0 Å². The summed E-state index contributed by atoms with van der Waals surface area (Å²) in [7, 11) is 0. The average Bonchev–Trinajstić information content (AvgIpc) is 2.85. The second kappa shape index (κ2) is 6.75. The van der Waals surface area contributed by atoms with Gasteiger partial charge in [-0.1, -0.05) is 20.8 Å². The summed E-state index contributed by atoms with van der Waals surface area (Å²) in [6, 6.07) is 1.87. The van der Waals surface area contributed by atoms with Gasteiger partial charge in [0, 0.05) is 17.5 Å². The molecule has 0 radical (unpaired) electrons. The van der Waals surface area contributed by atoms with Crippen molar-refractivity contribution in [2.45, 2.75) is 90.3 Å². The molecule has 24 heavy (non-hydrogen) atoms. The molecule has 0 aromatic carbocycles. The van der Waals surface area contributed by atoms with E-state index in [0.717, 1.165) is 31.4 Å². The number of anilines is 1. The molecule has 1 saturated carbocycles. The summed E-state index contributed by atoms with van der Waals surface area (Å²) in [6.07, 6.45) is 2.92. The lowest BCUT2D eigenvalue weighted by atomic mass is 9.92. The number of hydrogen-bond acceptors (Lipinski definition) is 3. The van der Waals surface area contributed by atoms with E-state index in [0.29, 0.717) is 5.82 Å². The lowest BCUT2D eigenvalue weighted by Gasteiger charge is -2.27. The minimum Gasteiger partial charge on any atom is -0.393 e. The molecule has 1 aromatic heterocycles. The maximum Gasteiger partial charge on any atom is 0.320 e. The van der Waals surface area contributed by atoms with Crippen LogP contribution >= 0.6 is 0 Å². The molecular weight excluding hydrogens is 304 g/mol. The number of rotatable bonds is 2. The van der Waals surface area contributed by atoms with Gasteiger partial charge in [0.2, 0.25) is 0 Å². The number of carbonyl (C=O) groups is 1. The molecule has 0 aliphatic heterocycles. The number of nitrogens with zero attached hydrogens (tertiary/aromatic N) is 2. The lowest BCUT2D eigenvalue weighted by molar-refractivity contribution is 0.118. The minimum atomic E-state index is -0.221. The third kappa shape index (κ3) is 4.72. The standard InChI is InChI=1S/C18H32N4O2/c1-17(2,3)14-11-15(22(21-14)18(4,5)6)20-16(24)19-12-7-9-13(23)10-8-12/h11-13,23H,7-10H2,1-6H3,(H2,19,20,24). The zero-order valence-corrected chi connectivity index (χ0v) is 15.8. The Morgan fingerprint density at radius 1 is 1.17 bits per heavy atom. The fraction of sp³-hybridized carbons (Fsp3) is 0.778. The lowest BCUT2D eigenvalue weighted by Crippen LogP contribution is -2.41. The summed E-state index contributed by atoms with van der Waals surface area (Å²) < 4.78 is 1.87. The van der Waals surface area contributed by atoms with Gasteiger partial charge >= 0.3 is 6.03 Å². The van der Waals surface area contributed by atoms with Gasteiger partial charge in [0.05, 0.1) is 17.3 Å². The molecular formula is C18H32N4O2. The summed E-state index contributed by atoms with van der Waals surface area (Å²) in [5.41, 5.74) is 0.651. The Kier molecular flexibility index (Phi) is 5.28. The second-order valence-electron chi connectivity index (χ2n) is 8.85. The molecule has 6 nitrogen and oxygen atoms in total. The molecule has 1 aromatic rings. The van der Waals surface area contributed by atoms with Crippen molar-refractivity contribution in [3.05, 3.63) is 11.8 Å². The monoisotopic (exact) mass is 336 g/mol. The van der Waals surface area contributed by atoms with Crippen molar-refractivity contribution in [1.82, 2.24) is 15.1 Å². The van der Waals surface area contributed by atoms with Gasteiger partial charge in [-0.25, -0.2) is 9.48 Å². The van der Waals surface area contributed by atoms with Crippen LogP contribution < -0.4 is 10.6 Å². The fourth-order valence-corrected chi connectivity index (χ4v) is 2.91. The molecule has 2 rings (SSSR count). The van der Waals surface area contributed by atoms with Crippen molar-refractivity contribution in [1.29, 1.82) is 0 Å². The summed E-state index contributed by atoms with van der Waals surface area (Å²) in [4.78, 5) is 12.4. The number of urea groups is 1. The van der Waals surface area contributed by atoms with Crippen LogP contribution in [0.15, 0.2) is 6.07 Å². The van der Waals surface area contributed by atoms with Gasteiger partial charge in [0.15, 0.2) is 0 Å². The Bertz CT molecular complexity index is 573. The van der Waals surface area contributed by atoms with E-state index in [1.54, 1.807) is 0 Å². The molecule has 3 N–H and O–H groups in total. The molecule has 1 aliphatic rings. The normalized spacial score (nSPS) is 22.3. The fourth-order valence-electron chi connectivity index (χ4n) is 2.91. The Balaban J connectivity index is 2.10. The summed E-state index contributed by atoms with van der Waals surface area (Å²) in [5.74, 6) is 0.709. The molecule has 0 atom stereocenters. The molecule has 1 aliphatic carbocycles. The van der Waals surface area contributed by atoms with Crippen LogP contribution in [0.5, 0.6) is 0 Å². The van der Waals surface area contributed by atoms with E-state index in [2.05, 4.69) is 52.2 Å². The summed E-state index contributed by atoms with van der Waals surface area (Å²) >= 11 is 0. The van der Waals surface area contributed by atoms with Crippen molar-refractivity contribution in [2.24, 2.45) is 0 Å². The first-order valence-electron chi connectivity index (χ1n) is 8.83. The van der Waals surface area contributed by atoms with Crippen molar-refractivity contribution in [3.63, 3.8) is 0 Å². The SMILES string of the molecule is CC(C)(C)c1cc(NC(=O)NC2CCC(O)CC2)n(C(C)(C)C)n1. The Morgan fingerprint density at radius 2 is 1.75 bits per heavy atom. The van der Waals surface area contributed by atoms with E-state index in [9.17, 15) is 9.90 Å². The first-order chi connectivity index (χ1) is 11.0. The number of aliphatic hydroxyl groups is 1. The van der Waals surface area contributed by atoms with Crippen LogP contribution in [0, 0.1) is 0 Å². The van der Waals surface area contributed by atoms with Crippen LogP contribution in [0.4, 0.5) is 10.6 Å². The molecule has 0 unspecified atom stereocenters. The number of aliphatic hydroxyl groups excluding tert-OH is 1. The number of hydrogen-bond donors (Lipinski definition) is 3. The molecule has 6 heteroatoms. The van der Waals surface area contributed by atoms with Gasteiger partial charge in [-0.05, 0) is 46.5 Å². The van der Waals surface area contributed by atoms with E-state index in [-0.39, 0.29) is 29.1 Å². The van der Waals surface area contributed by atoms with Gasteiger partial charge < -0.3 is 10.4 Å². The maximum absolute atomic E-state index is 12.4. The second-order valence-corrected chi connectivity index (χ2v) is 8.85. The molecule has 136 valence electrons.